The van der Waals surface area contributed by atoms with Gasteiger partial charge in [0.05, 0.1) is 5.69 Å². The van der Waals surface area contributed by atoms with Crippen LogP contribution in [0.25, 0.3) is 11.0 Å². The third-order valence-electron chi connectivity index (χ3n) is 4.91. The Morgan fingerprint density at radius 2 is 1.85 bits per heavy atom. The molecule has 0 radical (unpaired) electrons. The highest BCUT2D eigenvalue weighted by Crippen LogP contribution is 2.19. The Morgan fingerprint density at radius 3 is 2.42 bits per heavy atom. The van der Waals surface area contributed by atoms with Crippen LogP contribution >= 0.6 is 0 Å². The average molecular weight is 360 g/mol. The molecule has 1 fully saturated rings. The summed E-state index contributed by atoms with van der Waals surface area (Å²) in [7, 11) is 1.78. The zero-order chi connectivity index (χ0) is 19.0. The molecule has 8 heteroatoms. The highest BCUT2D eigenvalue weighted by Gasteiger charge is 2.26. The Morgan fingerprint density at radius 1 is 1.19 bits per heavy atom. The molecule has 1 aliphatic heterocycles. The fraction of sp³-hybridized carbons (Fsp3) is 0.667. The molecular weight excluding hydrogens is 332 g/mol. The molecule has 3 heterocycles. The Kier molecular flexibility index (Phi) is 5.02. The van der Waals surface area contributed by atoms with Gasteiger partial charge < -0.3 is 9.80 Å². The van der Waals surface area contributed by atoms with E-state index in [1.165, 1.54) is 0 Å². The number of hydrogen-bond acceptors (Lipinski definition) is 5. The molecule has 0 atom stereocenters. The SMILES string of the molecule is CCCn1c(N2CCN(C(=O)C(C)C)CC2)nc2c(C)nn(C)c2c1=O. The van der Waals surface area contributed by atoms with Crippen LogP contribution in [0.3, 0.4) is 0 Å². The van der Waals surface area contributed by atoms with Crippen molar-refractivity contribution in [3.05, 3.63) is 16.0 Å². The van der Waals surface area contributed by atoms with Crippen molar-refractivity contribution in [1.29, 1.82) is 0 Å². The number of rotatable bonds is 4. The number of carbonyl (C=O) groups is 1. The van der Waals surface area contributed by atoms with Gasteiger partial charge in [-0.2, -0.15) is 5.10 Å². The van der Waals surface area contributed by atoms with Gasteiger partial charge in [0.1, 0.15) is 5.52 Å². The molecule has 0 aliphatic carbocycles. The van der Waals surface area contributed by atoms with E-state index in [2.05, 4.69) is 10.00 Å². The molecule has 8 nitrogen and oxygen atoms in total. The predicted octanol–water partition coefficient (Wildman–Crippen LogP) is 1.15. The number of fused-ring (bicyclic) bond motifs is 1. The van der Waals surface area contributed by atoms with Crippen molar-refractivity contribution in [2.45, 2.75) is 40.7 Å². The van der Waals surface area contributed by atoms with Gasteiger partial charge in [-0.15, -0.1) is 0 Å². The molecule has 3 rings (SSSR count). The lowest BCUT2D eigenvalue weighted by atomic mass is 10.1. The van der Waals surface area contributed by atoms with Crippen molar-refractivity contribution < 1.29 is 4.79 Å². The lowest BCUT2D eigenvalue weighted by Crippen LogP contribution is -2.51. The van der Waals surface area contributed by atoms with Crippen LogP contribution in [-0.2, 0) is 18.4 Å². The van der Waals surface area contributed by atoms with Crippen LogP contribution in [0.5, 0.6) is 0 Å². The lowest BCUT2D eigenvalue weighted by molar-refractivity contribution is -0.134. The van der Waals surface area contributed by atoms with E-state index in [0.29, 0.717) is 49.7 Å². The first-order chi connectivity index (χ1) is 12.3. The number of piperazine rings is 1. The minimum atomic E-state index is -0.0457. The number of hydrogen-bond donors (Lipinski definition) is 0. The summed E-state index contributed by atoms with van der Waals surface area (Å²) in [4.78, 5) is 34.1. The van der Waals surface area contributed by atoms with Crippen molar-refractivity contribution in [2.75, 3.05) is 31.1 Å². The number of anilines is 1. The van der Waals surface area contributed by atoms with Gasteiger partial charge in [0.15, 0.2) is 5.52 Å². The molecule has 2 aromatic rings. The van der Waals surface area contributed by atoms with Crippen LogP contribution < -0.4 is 10.5 Å². The molecule has 0 unspecified atom stereocenters. The molecule has 26 heavy (non-hydrogen) atoms. The second kappa shape index (κ2) is 7.09. The monoisotopic (exact) mass is 360 g/mol. The quantitative estimate of drug-likeness (QED) is 0.818. The number of amides is 1. The predicted molar refractivity (Wildman–Crippen MR) is 101 cm³/mol. The second-order valence-corrected chi connectivity index (χ2v) is 7.24. The summed E-state index contributed by atoms with van der Waals surface area (Å²) in [6.45, 7) is 11.1. The summed E-state index contributed by atoms with van der Waals surface area (Å²) in [5.41, 5.74) is 1.93. The van der Waals surface area contributed by atoms with E-state index in [4.69, 9.17) is 4.98 Å². The van der Waals surface area contributed by atoms with E-state index in [-0.39, 0.29) is 17.4 Å². The zero-order valence-electron chi connectivity index (χ0n) is 16.3. The van der Waals surface area contributed by atoms with E-state index >= 15 is 0 Å². The Bertz CT molecular complexity index is 874. The van der Waals surface area contributed by atoms with Crippen molar-refractivity contribution in [1.82, 2.24) is 24.2 Å². The van der Waals surface area contributed by atoms with E-state index < -0.39 is 0 Å². The highest BCUT2D eigenvalue weighted by atomic mass is 16.2. The molecule has 2 aromatic heterocycles. The summed E-state index contributed by atoms with van der Waals surface area (Å²) in [6.07, 6.45) is 0.850. The maximum absolute atomic E-state index is 13.0. The normalized spacial score (nSPS) is 15.3. The molecule has 1 aliphatic rings. The minimum absolute atomic E-state index is 0.00680. The van der Waals surface area contributed by atoms with Gasteiger partial charge in [-0.05, 0) is 13.3 Å². The van der Waals surface area contributed by atoms with Gasteiger partial charge in [-0.25, -0.2) is 4.98 Å². The smallest absolute Gasteiger partial charge is 0.281 e. The Hall–Kier alpha value is -2.38. The number of nitrogens with zero attached hydrogens (tertiary/aromatic N) is 6. The fourth-order valence-corrected chi connectivity index (χ4v) is 3.56. The topological polar surface area (TPSA) is 76.3 Å². The first-order valence-electron chi connectivity index (χ1n) is 9.33. The fourth-order valence-electron chi connectivity index (χ4n) is 3.56. The van der Waals surface area contributed by atoms with Crippen LogP contribution in [0.1, 0.15) is 32.9 Å². The van der Waals surface area contributed by atoms with E-state index in [1.807, 2.05) is 32.6 Å². The van der Waals surface area contributed by atoms with Crippen LogP contribution in [0, 0.1) is 12.8 Å². The molecule has 0 spiro atoms. The molecule has 0 saturated carbocycles. The molecule has 0 N–H and O–H groups in total. The van der Waals surface area contributed by atoms with Crippen molar-refractivity contribution in [2.24, 2.45) is 13.0 Å². The van der Waals surface area contributed by atoms with Gasteiger partial charge in [0.2, 0.25) is 11.9 Å². The van der Waals surface area contributed by atoms with Gasteiger partial charge in [-0.1, -0.05) is 20.8 Å². The maximum Gasteiger partial charge on any atom is 0.281 e. The van der Waals surface area contributed by atoms with Gasteiger partial charge in [-0.3, -0.25) is 18.8 Å². The Labute approximate surface area is 153 Å². The minimum Gasteiger partial charge on any atom is -0.339 e. The largest absolute Gasteiger partial charge is 0.339 e. The van der Waals surface area contributed by atoms with Crippen molar-refractivity contribution in [3.63, 3.8) is 0 Å². The second-order valence-electron chi connectivity index (χ2n) is 7.24. The average Bonchev–Trinajstić information content (AvgIpc) is 2.90. The van der Waals surface area contributed by atoms with Crippen LogP contribution in [0.2, 0.25) is 0 Å². The standard InChI is InChI=1S/C18H28N6O2/c1-6-7-24-17(26)15-14(13(4)20-21(15)5)19-18(24)23-10-8-22(9-11-23)16(25)12(2)3/h12H,6-11H2,1-5H3. The molecule has 1 saturated heterocycles. The number of aromatic nitrogens is 4. The highest BCUT2D eigenvalue weighted by molar-refractivity contribution is 5.79. The van der Waals surface area contributed by atoms with Crippen LogP contribution in [0.4, 0.5) is 5.95 Å². The summed E-state index contributed by atoms with van der Waals surface area (Å²) in [5.74, 6) is 0.881. The van der Waals surface area contributed by atoms with Crippen LogP contribution in [-0.4, -0.2) is 56.3 Å². The number of aryl methyl sites for hydroxylation is 2. The molecule has 0 bridgehead atoms. The van der Waals surface area contributed by atoms with E-state index in [0.717, 1.165) is 12.1 Å². The lowest BCUT2D eigenvalue weighted by Gasteiger charge is -2.36. The first-order valence-corrected chi connectivity index (χ1v) is 9.33. The van der Waals surface area contributed by atoms with Crippen LogP contribution in [0.15, 0.2) is 4.79 Å². The van der Waals surface area contributed by atoms with E-state index in [1.54, 1.807) is 16.3 Å². The van der Waals surface area contributed by atoms with Crippen molar-refractivity contribution in [3.8, 4) is 0 Å². The molecular formula is C18H28N6O2. The number of carbonyl (C=O) groups excluding carboxylic acids is 1. The van der Waals surface area contributed by atoms with Gasteiger partial charge in [0.25, 0.3) is 5.56 Å². The van der Waals surface area contributed by atoms with Gasteiger partial charge in [0, 0.05) is 45.7 Å². The summed E-state index contributed by atoms with van der Waals surface area (Å²) in [6, 6.07) is 0. The van der Waals surface area contributed by atoms with Gasteiger partial charge >= 0.3 is 0 Å². The molecule has 1 amide bonds. The van der Waals surface area contributed by atoms with E-state index in [9.17, 15) is 9.59 Å². The Balaban J connectivity index is 1.97. The maximum atomic E-state index is 13.0. The zero-order valence-corrected chi connectivity index (χ0v) is 16.3. The molecule has 0 aromatic carbocycles. The third kappa shape index (κ3) is 3.08. The summed E-state index contributed by atoms with van der Waals surface area (Å²) in [5, 5.41) is 4.36. The molecule has 142 valence electrons. The van der Waals surface area contributed by atoms with Crippen molar-refractivity contribution >= 4 is 22.9 Å². The summed E-state index contributed by atoms with van der Waals surface area (Å²) < 4.78 is 3.37. The summed E-state index contributed by atoms with van der Waals surface area (Å²) >= 11 is 0. The third-order valence-corrected chi connectivity index (χ3v) is 4.91. The first kappa shape index (κ1) is 18.4.